The highest BCUT2D eigenvalue weighted by Gasteiger charge is 2.40. The third kappa shape index (κ3) is 14.3. The molecule has 0 aromatic heterocycles. The molecule has 0 aliphatic heterocycles. The van der Waals surface area contributed by atoms with E-state index < -0.39 is 80.3 Å². The molecule has 20 heteroatoms. The highest BCUT2D eigenvalue weighted by molar-refractivity contribution is 5.90. The standard InChI is InChI=1S/C37H28O20/c38-29(25-13-5-1-6-14-25)50-54-33(42)46-21-37(22-47-34(43)55-51-30(39)26-15-7-2-8-16-26,23-48-35(44)56-52-31(40)27-17-9-3-10-18-27)24-49-36(45)57-53-32(41)28-19-11-4-12-20-28/h1-20H,21-24H2. The molecule has 0 saturated heterocycles. The second-order valence-corrected chi connectivity index (χ2v) is 10.9. The number of carbonyl (C=O) groups is 8. The minimum absolute atomic E-state index is 0.0146. The summed E-state index contributed by atoms with van der Waals surface area (Å²) >= 11 is 0. The maximum absolute atomic E-state index is 12.5. The first kappa shape index (κ1) is 41.6. The molecule has 0 aliphatic rings. The molecule has 0 radical (unpaired) electrons. The maximum Gasteiger partial charge on any atom is 0.549 e. The third-order valence-electron chi connectivity index (χ3n) is 6.76. The van der Waals surface area contributed by atoms with Crippen molar-refractivity contribution in [1.82, 2.24) is 0 Å². The predicted octanol–water partition coefficient (Wildman–Crippen LogP) is 5.67. The number of carbonyl (C=O) groups excluding carboxylic acids is 8. The second-order valence-electron chi connectivity index (χ2n) is 10.9. The van der Waals surface area contributed by atoms with Crippen LogP contribution in [0.25, 0.3) is 0 Å². The van der Waals surface area contributed by atoms with E-state index in [-0.39, 0.29) is 22.3 Å². The van der Waals surface area contributed by atoms with Crippen LogP contribution in [0, 0.1) is 5.41 Å². The molecule has 57 heavy (non-hydrogen) atoms. The van der Waals surface area contributed by atoms with Crippen molar-refractivity contribution in [3.05, 3.63) is 144 Å². The lowest BCUT2D eigenvalue weighted by Crippen LogP contribution is -2.44. The van der Waals surface area contributed by atoms with Crippen molar-refractivity contribution in [2.24, 2.45) is 5.41 Å². The van der Waals surface area contributed by atoms with Crippen molar-refractivity contribution in [2.75, 3.05) is 26.4 Å². The average Bonchev–Trinajstić information content (AvgIpc) is 3.26. The van der Waals surface area contributed by atoms with Crippen molar-refractivity contribution in [3.63, 3.8) is 0 Å². The Hall–Kier alpha value is -8.16. The molecule has 0 atom stereocenters. The van der Waals surface area contributed by atoms with E-state index in [1.54, 1.807) is 24.3 Å². The molecule has 0 fully saturated rings. The Bertz CT molecular complexity index is 1700. The van der Waals surface area contributed by atoms with E-state index in [0.717, 1.165) is 0 Å². The Kier molecular flexibility index (Phi) is 15.7. The minimum Gasteiger partial charge on any atom is -0.431 e. The van der Waals surface area contributed by atoms with E-state index >= 15 is 0 Å². The van der Waals surface area contributed by atoms with Gasteiger partial charge in [0.15, 0.2) is 0 Å². The maximum atomic E-state index is 12.5. The fraction of sp³-hybridized carbons (Fsp3) is 0.135. The number of benzene rings is 4. The molecular weight excluding hydrogens is 764 g/mol. The second kappa shape index (κ2) is 21.5. The third-order valence-corrected chi connectivity index (χ3v) is 6.76. The summed E-state index contributed by atoms with van der Waals surface area (Å²) in [5, 5.41) is 0. The minimum atomic E-state index is -2.21. The number of hydrogen-bond acceptors (Lipinski definition) is 20. The van der Waals surface area contributed by atoms with Gasteiger partial charge in [0, 0.05) is 0 Å². The summed E-state index contributed by atoms with van der Waals surface area (Å²) in [4.78, 5) is 134. The van der Waals surface area contributed by atoms with Crippen LogP contribution < -0.4 is 0 Å². The van der Waals surface area contributed by atoms with Crippen LogP contribution in [-0.2, 0) is 58.0 Å². The van der Waals surface area contributed by atoms with E-state index in [9.17, 15) is 38.4 Å². The average molecular weight is 793 g/mol. The largest absolute Gasteiger partial charge is 0.549 e. The summed E-state index contributed by atoms with van der Waals surface area (Å²) < 4.78 is 19.9. The van der Waals surface area contributed by atoms with E-state index in [0.29, 0.717) is 0 Å². The number of hydrogen-bond donors (Lipinski definition) is 0. The van der Waals surface area contributed by atoms with Gasteiger partial charge in [-0.2, -0.15) is 19.2 Å². The molecule has 20 nitrogen and oxygen atoms in total. The quantitative estimate of drug-likeness (QED) is 0.0725. The first-order chi connectivity index (χ1) is 27.5. The summed E-state index contributed by atoms with van der Waals surface area (Å²) in [6.07, 6.45) is -6.77. The number of ether oxygens (including phenoxy) is 4. The van der Waals surface area contributed by atoms with Gasteiger partial charge in [-0.15, -0.1) is 0 Å². The van der Waals surface area contributed by atoms with Crippen molar-refractivity contribution in [3.8, 4) is 0 Å². The monoisotopic (exact) mass is 792 g/mol. The van der Waals surface area contributed by atoms with Gasteiger partial charge in [0.1, 0.15) is 31.8 Å². The van der Waals surface area contributed by atoms with Crippen molar-refractivity contribution >= 4 is 48.5 Å². The Balaban J connectivity index is 1.47. The molecule has 4 aromatic carbocycles. The Morgan fingerprint density at radius 1 is 0.298 bits per heavy atom. The van der Waals surface area contributed by atoms with Crippen molar-refractivity contribution in [2.45, 2.75) is 0 Å². The van der Waals surface area contributed by atoms with Crippen LogP contribution in [0.1, 0.15) is 41.4 Å². The van der Waals surface area contributed by atoms with Gasteiger partial charge in [0.2, 0.25) is 0 Å². The van der Waals surface area contributed by atoms with Crippen LogP contribution in [0.4, 0.5) is 19.2 Å². The van der Waals surface area contributed by atoms with Gasteiger partial charge in [-0.3, -0.25) is 0 Å². The molecule has 0 N–H and O–H groups in total. The van der Waals surface area contributed by atoms with Crippen molar-refractivity contribution in [1.29, 1.82) is 0 Å². The molecule has 4 rings (SSSR count). The van der Waals surface area contributed by atoms with Gasteiger partial charge >= 0.3 is 48.5 Å². The van der Waals surface area contributed by atoms with Crippen LogP contribution in [-0.4, -0.2) is 74.9 Å². The zero-order valence-corrected chi connectivity index (χ0v) is 29.0. The van der Waals surface area contributed by atoms with Crippen LogP contribution in [0.3, 0.4) is 0 Å². The smallest absolute Gasteiger partial charge is 0.431 e. The van der Waals surface area contributed by atoms with Gasteiger partial charge in [-0.25, -0.2) is 58.3 Å². The van der Waals surface area contributed by atoms with Gasteiger partial charge in [0.05, 0.1) is 22.3 Å². The zero-order valence-electron chi connectivity index (χ0n) is 29.0. The van der Waals surface area contributed by atoms with Gasteiger partial charge < -0.3 is 18.9 Å². The Labute approximate surface area is 320 Å². The van der Waals surface area contributed by atoms with Crippen LogP contribution in [0.5, 0.6) is 0 Å². The molecular formula is C37H28O20. The Morgan fingerprint density at radius 2 is 0.491 bits per heavy atom. The van der Waals surface area contributed by atoms with Gasteiger partial charge in [0.25, 0.3) is 0 Å². The topological polar surface area (TPSA) is 247 Å². The first-order valence-corrected chi connectivity index (χ1v) is 16.0. The van der Waals surface area contributed by atoms with Gasteiger partial charge in [-0.1, -0.05) is 72.8 Å². The van der Waals surface area contributed by atoms with Crippen molar-refractivity contribution < 1.29 is 96.4 Å². The molecule has 4 aromatic rings. The lowest BCUT2D eigenvalue weighted by molar-refractivity contribution is -0.223. The summed E-state index contributed by atoms with van der Waals surface area (Å²) in [7, 11) is 0. The molecule has 0 bridgehead atoms. The molecule has 0 unspecified atom stereocenters. The van der Waals surface area contributed by atoms with Gasteiger partial charge in [-0.05, 0) is 48.5 Å². The van der Waals surface area contributed by atoms with Crippen LogP contribution >= 0.6 is 0 Å². The highest BCUT2D eigenvalue weighted by atomic mass is 17.3. The van der Waals surface area contributed by atoms with Crippen LogP contribution in [0.15, 0.2) is 121 Å². The highest BCUT2D eigenvalue weighted by Crippen LogP contribution is 2.23. The molecule has 0 amide bonds. The summed E-state index contributed by atoms with van der Waals surface area (Å²) in [5.41, 5.74) is -2.27. The molecule has 0 aliphatic carbocycles. The van der Waals surface area contributed by atoms with E-state index in [4.69, 9.17) is 18.9 Å². The lowest BCUT2D eigenvalue weighted by atomic mass is 9.92. The first-order valence-electron chi connectivity index (χ1n) is 16.0. The molecule has 0 spiro atoms. The van der Waals surface area contributed by atoms with E-state index in [1.807, 2.05) is 0 Å². The predicted molar refractivity (Wildman–Crippen MR) is 180 cm³/mol. The summed E-state index contributed by atoms with van der Waals surface area (Å²) in [6, 6.07) is 29.2. The fourth-order valence-electron chi connectivity index (χ4n) is 3.97. The normalized spacial score (nSPS) is 10.2. The lowest BCUT2D eigenvalue weighted by Gasteiger charge is -2.30. The zero-order chi connectivity index (χ0) is 40.9. The van der Waals surface area contributed by atoms with E-state index in [1.165, 1.54) is 97.1 Å². The fourth-order valence-corrected chi connectivity index (χ4v) is 3.97. The molecule has 296 valence electrons. The molecule has 0 saturated carbocycles. The van der Waals surface area contributed by atoms with E-state index in [2.05, 4.69) is 39.1 Å². The number of rotatable bonds is 12. The summed E-state index contributed by atoms with van der Waals surface area (Å²) in [6.45, 7) is -4.33. The molecule has 0 heterocycles. The Morgan fingerprint density at radius 3 is 0.684 bits per heavy atom. The SMILES string of the molecule is O=C(OCC(COC(=O)OOC(=O)c1ccccc1)(COC(=O)OOC(=O)c1ccccc1)COC(=O)OOC(=O)c1ccccc1)OOC(=O)c1ccccc1. The van der Waals surface area contributed by atoms with Crippen LogP contribution in [0.2, 0.25) is 0 Å². The summed E-state index contributed by atoms with van der Waals surface area (Å²) in [5.74, 6) is -4.44.